The quantitative estimate of drug-likeness (QED) is 0.871. The molecule has 0 atom stereocenters. The van der Waals surface area contributed by atoms with Crippen LogP contribution < -0.4 is 4.74 Å². The van der Waals surface area contributed by atoms with Gasteiger partial charge in [0.2, 0.25) is 0 Å². The fourth-order valence-electron chi connectivity index (χ4n) is 2.33. The molecule has 0 spiro atoms. The summed E-state index contributed by atoms with van der Waals surface area (Å²) < 4.78 is 5.94. The van der Waals surface area contributed by atoms with Gasteiger partial charge in [-0.3, -0.25) is 4.79 Å². The highest BCUT2D eigenvalue weighted by atomic mass is 16.5. The van der Waals surface area contributed by atoms with Crippen LogP contribution in [-0.2, 0) is 11.2 Å². The number of carboxylic acid groups (broad SMARTS) is 1. The third-order valence-corrected chi connectivity index (χ3v) is 3.33. The molecule has 0 amide bonds. The lowest BCUT2D eigenvalue weighted by Crippen LogP contribution is -2.12. The second-order valence-electron chi connectivity index (χ2n) is 4.64. The van der Waals surface area contributed by atoms with Crippen LogP contribution in [0.15, 0.2) is 18.2 Å². The minimum absolute atomic E-state index is 0.0632. The Hall–Kier alpha value is -1.51. The van der Waals surface area contributed by atoms with Gasteiger partial charge in [0.05, 0.1) is 12.5 Å². The molecule has 1 aliphatic rings. The van der Waals surface area contributed by atoms with Crippen molar-refractivity contribution < 1.29 is 14.6 Å². The largest absolute Gasteiger partial charge is 0.490 e. The van der Waals surface area contributed by atoms with Crippen LogP contribution in [0.3, 0.4) is 0 Å². The fourth-order valence-corrected chi connectivity index (χ4v) is 2.33. The highest BCUT2D eigenvalue weighted by Gasteiger charge is 2.18. The monoisotopic (exact) mass is 234 g/mol. The van der Waals surface area contributed by atoms with E-state index in [2.05, 4.69) is 0 Å². The van der Waals surface area contributed by atoms with Crippen molar-refractivity contribution >= 4 is 5.97 Å². The van der Waals surface area contributed by atoms with Crippen molar-refractivity contribution in [2.75, 3.05) is 0 Å². The van der Waals surface area contributed by atoms with Crippen molar-refractivity contribution in [3.8, 4) is 5.75 Å². The van der Waals surface area contributed by atoms with Gasteiger partial charge in [-0.25, -0.2) is 0 Å². The molecule has 0 aromatic heterocycles. The smallest absolute Gasteiger partial charge is 0.307 e. The number of carbonyl (C=O) groups is 1. The molecule has 1 aliphatic carbocycles. The average Bonchev–Trinajstić information content (AvgIpc) is 2.76. The number of carboxylic acids is 1. The lowest BCUT2D eigenvalue weighted by Gasteiger charge is -2.16. The number of hydrogen-bond acceptors (Lipinski definition) is 2. The van der Waals surface area contributed by atoms with Gasteiger partial charge in [0.1, 0.15) is 5.75 Å². The maximum Gasteiger partial charge on any atom is 0.307 e. The number of hydrogen-bond donors (Lipinski definition) is 1. The summed E-state index contributed by atoms with van der Waals surface area (Å²) in [6, 6.07) is 5.65. The summed E-state index contributed by atoms with van der Waals surface area (Å²) in [6.45, 7) is 1.93. The van der Waals surface area contributed by atoms with Crippen LogP contribution in [0, 0.1) is 6.92 Å². The second-order valence-corrected chi connectivity index (χ2v) is 4.64. The molecule has 1 aromatic rings. The zero-order valence-corrected chi connectivity index (χ0v) is 10.1. The molecule has 0 unspecified atom stereocenters. The Morgan fingerprint density at radius 3 is 2.76 bits per heavy atom. The minimum Gasteiger partial charge on any atom is -0.490 e. The van der Waals surface area contributed by atoms with Gasteiger partial charge >= 0.3 is 5.97 Å². The van der Waals surface area contributed by atoms with Crippen LogP contribution >= 0.6 is 0 Å². The van der Waals surface area contributed by atoms with Gasteiger partial charge in [-0.1, -0.05) is 12.1 Å². The molecule has 0 aliphatic heterocycles. The molecule has 17 heavy (non-hydrogen) atoms. The molecule has 1 saturated carbocycles. The van der Waals surface area contributed by atoms with Crippen molar-refractivity contribution in [3.63, 3.8) is 0 Å². The van der Waals surface area contributed by atoms with Crippen LogP contribution in [0.25, 0.3) is 0 Å². The molecule has 2 rings (SSSR count). The van der Waals surface area contributed by atoms with Crippen molar-refractivity contribution in [3.05, 3.63) is 29.3 Å². The van der Waals surface area contributed by atoms with Gasteiger partial charge in [-0.05, 0) is 49.8 Å². The van der Waals surface area contributed by atoms with Gasteiger partial charge in [0, 0.05) is 0 Å². The van der Waals surface area contributed by atoms with E-state index in [-0.39, 0.29) is 6.42 Å². The van der Waals surface area contributed by atoms with E-state index >= 15 is 0 Å². The van der Waals surface area contributed by atoms with E-state index in [1.165, 1.54) is 12.8 Å². The van der Waals surface area contributed by atoms with Gasteiger partial charge in [-0.2, -0.15) is 0 Å². The minimum atomic E-state index is -0.800. The average molecular weight is 234 g/mol. The standard InChI is InChI=1S/C14H18O3/c1-10-11(9-14(15)16)5-4-8-13(10)17-12-6-2-3-7-12/h4-5,8,12H,2-3,6-7,9H2,1H3,(H,15,16). The third-order valence-electron chi connectivity index (χ3n) is 3.33. The summed E-state index contributed by atoms with van der Waals surface area (Å²) in [7, 11) is 0. The summed E-state index contributed by atoms with van der Waals surface area (Å²) in [5, 5.41) is 8.83. The Labute approximate surface area is 101 Å². The SMILES string of the molecule is Cc1c(CC(=O)O)cccc1OC1CCCC1. The Balaban J connectivity index is 2.13. The number of ether oxygens (including phenoxy) is 1. The van der Waals surface area contributed by atoms with Crippen LogP contribution in [0.2, 0.25) is 0 Å². The van der Waals surface area contributed by atoms with Crippen molar-refractivity contribution in [2.24, 2.45) is 0 Å². The lowest BCUT2D eigenvalue weighted by atomic mass is 10.0. The molecule has 0 radical (unpaired) electrons. The molecule has 1 N–H and O–H groups in total. The van der Waals surface area contributed by atoms with Crippen LogP contribution in [0.1, 0.15) is 36.8 Å². The van der Waals surface area contributed by atoms with Crippen LogP contribution in [0.5, 0.6) is 5.75 Å². The lowest BCUT2D eigenvalue weighted by molar-refractivity contribution is -0.136. The summed E-state index contributed by atoms with van der Waals surface area (Å²) in [6.07, 6.45) is 5.07. The first-order chi connectivity index (χ1) is 8.16. The summed E-state index contributed by atoms with van der Waals surface area (Å²) in [5.41, 5.74) is 1.80. The van der Waals surface area contributed by atoms with E-state index in [1.54, 1.807) is 0 Å². The number of aliphatic carboxylic acids is 1. The number of rotatable bonds is 4. The second kappa shape index (κ2) is 5.21. The Bertz CT molecular complexity index is 406. The topological polar surface area (TPSA) is 46.5 Å². The first-order valence-corrected chi connectivity index (χ1v) is 6.14. The van der Waals surface area contributed by atoms with E-state index in [0.29, 0.717) is 6.10 Å². The molecule has 0 bridgehead atoms. The Morgan fingerprint density at radius 1 is 1.41 bits per heavy atom. The van der Waals surface area contributed by atoms with Crippen molar-refractivity contribution in [2.45, 2.75) is 45.1 Å². The molecule has 0 saturated heterocycles. The molecular formula is C14H18O3. The fraction of sp³-hybridized carbons (Fsp3) is 0.500. The maximum absolute atomic E-state index is 10.7. The Morgan fingerprint density at radius 2 is 2.12 bits per heavy atom. The van der Waals surface area contributed by atoms with Crippen LogP contribution in [-0.4, -0.2) is 17.2 Å². The van der Waals surface area contributed by atoms with Gasteiger partial charge in [-0.15, -0.1) is 0 Å². The highest BCUT2D eigenvalue weighted by molar-refractivity contribution is 5.71. The van der Waals surface area contributed by atoms with Gasteiger partial charge in [0.15, 0.2) is 0 Å². The Kier molecular flexibility index (Phi) is 3.67. The highest BCUT2D eigenvalue weighted by Crippen LogP contribution is 2.28. The molecular weight excluding hydrogens is 216 g/mol. The van der Waals surface area contributed by atoms with E-state index in [4.69, 9.17) is 9.84 Å². The summed E-state index contributed by atoms with van der Waals surface area (Å²) in [4.78, 5) is 10.7. The zero-order valence-electron chi connectivity index (χ0n) is 10.1. The van der Waals surface area contributed by atoms with E-state index in [1.807, 2.05) is 25.1 Å². The molecule has 0 heterocycles. The third kappa shape index (κ3) is 2.99. The van der Waals surface area contributed by atoms with Crippen LogP contribution in [0.4, 0.5) is 0 Å². The molecule has 3 heteroatoms. The van der Waals surface area contributed by atoms with E-state index in [0.717, 1.165) is 29.7 Å². The van der Waals surface area contributed by atoms with Crippen molar-refractivity contribution in [1.82, 2.24) is 0 Å². The molecule has 92 valence electrons. The van der Waals surface area contributed by atoms with E-state index < -0.39 is 5.97 Å². The zero-order chi connectivity index (χ0) is 12.3. The maximum atomic E-state index is 10.7. The van der Waals surface area contributed by atoms with Gasteiger partial charge in [0.25, 0.3) is 0 Å². The summed E-state index contributed by atoms with van der Waals surface area (Å²) in [5.74, 6) is 0.0433. The van der Waals surface area contributed by atoms with Crippen molar-refractivity contribution in [1.29, 1.82) is 0 Å². The first-order valence-electron chi connectivity index (χ1n) is 6.14. The number of benzene rings is 1. The molecule has 1 fully saturated rings. The first kappa shape index (κ1) is 12.0. The van der Waals surface area contributed by atoms with Gasteiger partial charge < -0.3 is 9.84 Å². The summed E-state index contributed by atoms with van der Waals surface area (Å²) >= 11 is 0. The molecule has 3 nitrogen and oxygen atoms in total. The molecule has 1 aromatic carbocycles. The predicted octanol–water partition coefficient (Wildman–Crippen LogP) is 2.94. The predicted molar refractivity (Wildman–Crippen MR) is 65.4 cm³/mol. The normalized spacial score (nSPS) is 16.1. The van der Waals surface area contributed by atoms with E-state index in [9.17, 15) is 4.79 Å².